The van der Waals surface area contributed by atoms with Crippen LogP contribution in [0.5, 0.6) is 0 Å². The summed E-state index contributed by atoms with van der Waals surface area (Å²) in [4.78, 5) is 13.8. The topological polar surface area (TPSA) is 84.1 Å². The van der Waals surface area contributed by atoms with Crippen LogP contribution in [-0.2, 0) is 17.9 Å². The first-order valence-electron chi connectivity index (χ1n) is 7.82. The van der Waals surface area contributed by atoms with Gasteiger partial charge in [-0.1, -0.05) is 26.7 Å². The Labute approximate surface area is 125 Å². The largest absolute Gasteiger partial charge is 0.481 e. The molecule has 1 saturated heterocycles. The van der Waals surface area contributed by atoms with E-state index in [0.717, 1.165) is 44.6 Å². The minimum absolute atomic E-state index is 0.587. The summed E-state index contributed by atoms with van der Waals surface area (Å²) < 4.78 is 1.84. The summed E-state index contributed by atoms with van der Waals surface area (Å²) in [5.41, 5.74) is -0.587. The van der Waals surface area contributed by atoms with Crippen LogP contribution in [0.15, 0.2) is 0 Å². The van der Waals surface area contributed by atoms with Crippen molar-refractivity contribution < 1.29 is 9.90 Å². The fraction of sp³-hybridized carbons (Fsp3) is 0.857. The molecule has 2 heterocycles. The molecule has 1 atom stereocenters. The van der Waals surface area contributed by atoms with E-state index in [4.69, 9.17) is 0 Å². The molecule has 1 aliphatic heterocycles. The molecule has 0 radical (unpaired) electrons. The summed E-state index contributed by atoms with van der Waals surface area (Å²) in [6, 6.07) is 0. The molecule has 21 heavy (non-hydrogen) atoms. The molecule has 0 spiro atoms. The molecule has 0 bridgehead atoms. The van der Waals surface area contributed by atoms with Crippen LogP contribution >= 0.6 is 0 Å². The van der Waals surface area contributed by atoms with Gasteiger partial charge < -0.3 is 5.11 Å². The van der Waals surface area contributed by atoms with E-state index < -0.39 is 11.4 Å². The van der Waals surface area contributed by atoms with Gasteiger partial charge in [-0.25, -0.2) is 4.68 Å². The van der Waals surface area contributed by atoms with E-state index in [-0.39, 0.29) is 0 Å². The summed E-state index contributed by atoms with van der Waals surface area (Å²) in [7, 11) is 0. The lowest BCUT2D eigenvalue weighted by molar-refractivity contribution is -0.148. The minimum Gasteiger partial charge on any atom is -0.481 e. The quantitative estimate of drug-likeness (QED) is 0.783. The van der Waals surface area contributed by atoms with Gasteiger partial charge in [0.15, 0.2) is 5.82 Å². The van der Waals surface area contributed by atoms with Gasteiger partial charge in [0.2, 0.25) is 0 Å². The van der Waals surface area contributed by atoms with E-state index in [0.29, 0.717) is 19.5 Å². The molecule has 2 rings (SSSR count). The second-order valence-electron chi connectivity index (χ2n) is 5.97. The highest BCUT2D eigenvalue weighted by molar-refractivity contribution is 5.75. The lowest BCUT2D eigenvalue weighted by Gasteiger charge is -2.24. The molecule has 118 valence electrons. The molecule has 1 aliphatic rings. The van der Waals surface area contributed by atoms with Gasteiger partial charge in [0, 0.05) is 13.1 Å². The van der Waals surface area contributed by atoms with E-state index in [9.17, 15) is 9.90 Å². The predicted molar refractivity (Wildman–Crippen MR) is 77.6 cm³/mol. The third kappa shape index (κ3) is 3.58. The SMILES string of the molecule is CCCCn1nnnc1CN1CCC(CCC)(C(=O)O)C1. The maximum absolute atomic E-state index is 11.6. The van der Waals surface area contributed by atoms with Gasteiger partial charge in [-0.2, -0.15) is 0 Å². The fourth-order valence-corrected chi connectivity index (χ4v) is 3.08. The first-order chi connectivity index (χ1) is 10.1. The van der Waals surface area contributed by atoms with Crippen molar-refractivity contribution in [2.24, 2.45) is 5.41 Å². The van der Waals surface area contributed by atoms with Gasteiger partial charge in [-0.3, -0.25) is 9.69 Å². The summed E-state index contributed by atoms with van der Waals surface area (Å²) in [6.07, 6.45) is 4.50. The smallest absolute Gasteiger partial charge is 0.310 e. The Morgan fingerprint density at radius 2 is 2.19 bits per heavy atom. The van der Waals surface area contributed by atoms with Crippen molar-refractivity contribution in [2.75, 3.05) is 13.1 Å². The van der Waals surface area contributed by atoms with E-state index in [1.165, 1.54) is 0 Å². The van der Waals surface area contributed by atoms with Crippen molar-refractivity contribution >= 4 is 5.97 Å². The molecule has 1 fully saturated rings. The molecule has 0 amide bonds. The average molecular weight is 295 g/mol. The monoisotopic (exact) mass is 295 g/mol. The Bertz CT molecular complexity index is 476. The van der Waals surface area contributed by atoms with Crippen molar-refractivity contribution in [1.82, 2.24) is 25.1 Å². The van der Waals surface area contributed by atoms with Gasteiger partial charge in [-0.15, -0.1) is 5.10 Å². The first kappa shape index (κ1) is 15.9. The Kier molecular flexibility index (Phi) is 5.27. The molecule has 0 saturated carbocycles. The standard InChI is InChI=1S/C14H25N5O2/c1-3-5-8-19-12(15-16-17-19)10-18-9-7-14(11-18,6-4-2)13(20)21/h3-11H2,1-2H3,(H,20,21). The number of carboxylic acid groups (broad SMARTS) is 1. The van der Waals surface area contributed by atoms with E-state index in [1.807, 2.05) is 11.6 Å². The fourth-order valence-electron chi connectivity index (χ4n) is 3.08. The number of likely N-dealkylation sites (tertiary alicyclic amines) is 1. The number of aromatic nitrogens is 4. The number of carbonyl (C=O) groups is 1. The van der Waals surface area contributed by atoms with Gasteiger partial charge >= 0.3 is 5.97 Å². The van der Waals surface area contributed by atoms with Crippen molar-refractivity contribution in [1.29, 1.82) is 0 Å². The summed E-state index contributed by atoms with van der Waals surface area (Å²) in [5.74, 6) is 0.165. The van der Waals surface area contributed by atoms with Crippen LogP contribution in [-0.4, -0.2) is 49.3 Å². The van der Waals surface area contributed by atoms with Gasteiger partial charge in [0.05, 0.1) is 12.0 Å². The second-order valence-corrected chi connectivity index (χ2v) is 5.97. The zero-order valence-electron chi connectivity index (χ0n) is 13.0. The maximum Gasteiger partial charge on any atom is 0.310 e. The van der Waals surface area contributed by atoms with Crippen LogP contribution in [0.3, 0.4) is 0 Å². The molecular weight excluding hydrogens is 270 g/mol. The van der Waals surface area contributed by atoms with Crippen LogP contribution in [0, 0.1) is 5.41 Å². The Balaban J connectivity index is 1.99. The van der Waals surface area contributed by atoms with E-state index >= 15 is 0 Å². The summed E-state index contributed by atoms with van der Waals surface area (Å²) in [6.45, 7) is 7.03. The number of hydrogen-bond acceptors (Lipinski definition) is 5. The van der Waals surface area contributed by atoms with Crippen LogP contribution in [0.25, 0.3) is 0 Å². The molecule has 1 aromatic rings. The molecule has 1 unspecified atom stereocenters. The Morgan fingerprint density at radius 3 is 2.86 bits per heavy atom. The van der Waals surface area contributed by atoms with Crippen LogP contribution in [0.1, 0.15) is 51.8 Å². The third-order valence-corrected chi connectivity index (χ3v) is 4.31. The number of rotatable bonds is 8. The molecule has 1 N–H and O–H groups in total. The van der Waals surface area contributed by atoms with Crippen LogP contribution in [0.4, 0.5) is 0 Å². The van der Waals surface area contributed by atoms with Gasteiger partial charge in [0.1, 0.15) is 0 Å². The number of nitrogens with zero attached hydrogens (tertiary/aromatic N) is 5. The number of tetrazole rings is 1. The highest BCUT2D eigenvalue weighted by Gasteiger charge is 2.44. The minimum atomic E-state index is -0.669. The van der Waals surface area contributed by atoms with Crippen LogP contribution < -0.4 is 0 Å². The maximum atomic E-state index is 11.6. The zero-order valence-corrected chi connectivity index (χ0v) is 13.0. The molecular formula is C14H25N5O2. The average Bonchev–Trinajstić information content (AvgIpc) is 3.06. The third-order valence-electron chi connectivity index (χ3n) is 4.31. The lowest BCUT2D eigenvalue weighted by Crippen LogP contribution is -2.34. The van der Waals surface area contributed by atoms with E-state index in [2.05, 4.69) is 27.3 Å². The Morgan fingerprint density at radius 1 is 1.38 bits per heavy atom. The normalized spacial score (nSPS) is 22.8. The van der Waals surface area contributed by atoms with Crippen LogP contribution in [0.2, 0.25) is 0 Å². The number of carboxylic acids is 1. The van der Waals surface area contributed by atoms with Crippen molar-refractivity contribution in [3.05, 3.63) is 5.82 Å². The van der Waals surface area contributed by atoms with Gasteiger partial charge in [0.25, 0.3) is 0 Å². The molecule has 7 nitrogen and oxygen atoms in total. The summed E-state index contributed by atoms with van der Waals surface area (Å²) in [5, 5.41) is 21.4. The lowest BCUT2D eigenvalue weighted by atomic mass is 9.83. The zero-order chi connectivity index (χ0) is 15.3. The van der Waals surface area contributed by atoms with Crippen molar-refractivity contribution in [3.63, 3.8) is 0 Å². The van der Waals surface area contributed by atoms with Crippen molar-refractivity contribution in [2.45, 2.75) is 59.0 Å². The molecule has 0 aliphatic carbocycles. The number of aryl methyl sites for hydroxylation is 1. The number of hydrogen-bond donors (Lipinski definition) is 1. The van der Waals surface area contributed by atoms with Gasteiger partial charge in [-0.05, 0) is 36.2 Å². The molecule has 7 heteroatoms. The number of aliphatic carboxylic acids is 1. The predicted octanol–water partition coefficient (Wildman–Crippen LogP) is 1.55. The molecule has 1 aromatic heterocycles. The number of unbranched alkanes of at least 4 members (excludes halogenated alkanes) is 1. The first-order valence-corrected chi connectivity index (χ1v) is 7.82. The Hall–Kier alpha value is -1.50. The van der Waals surface area contributed by atoms with Crippen molar-refractivity contribution in [3.8, 4) is 0 Å². The van der Waals surface area contributed by atoms with E-state index in [1.54, 1.807) is 0 Å². The highest BCUT2D eigenvalue weighted by atomic mass is 16.4. The highest BCUT2D eigenvalue weighted by Crippen LogP contribution is 2.36. The molecule has 0 aromatic carbocycles. The second kappa shape index (κ2) is 6.98. The summed E-state index contributed by atoms with van der Waals surface area (Å²) >= 11 is 0.